The number of aryl methyl sites for hydroxylation is 1. The van der Waals surface area contributed by atoms with E-state index >= 15 is 0 Å². The molecule has 1 aromatic carbocycles. The zero-order valence-corrected chi connectivity index (χ0v) is 13.5. The normalized spacial score (nSPS) is 20.9. The van der Waals surface area contributed by atoms with Crippen LogP contribution in [-0.4, -0.2) is 41.5 Å². The molecule has 0 bridgehead atoms. The second-order valence-electron chi connectivity index (χ2n) is 6.22. The van der Waals surface area contributed by atoms with Crippen molar-refractivity contribution in [3.8, 4) is 0 Å². The number of carbonyl (C=O) groups excluding carboxylic acids is 2. The number of hydrogen-bond acceptors (Lipinski definition) is 3. The summed E-state index contributed by atoms with van der Waals surface area (Å²) < 4.78 is 13.2. The van der Waals surface area contributed by atoms with E-state index in [0.717, 1.165) is 25.7 Å². The van der Waals surface area contributed by atoms with Gasteiger partial charge >= 0.3 is 11.8 Å². The van der Waals surface area contributed by atoms with Crippen LogP contribution in [0.4, 0.5) is 10.1 Å². The summed E-state index contributed by atoms with van der Waals surface area (Å²) in [5.41, 5.74) is 0.780. The van der Waals surface area contributed by atoms with E-state index in [1.165, 1.54) is 23.1 Å². The van der Waals surface area contributed by atoms with E-state index in [0.29, 0.717) is 17.8 Å². The van der Waals surface area contributed by atoms with Crippen LogP contribution in [0.1, 0.15) is 31.2 Å². The number of anilines is 1. The van der Waals surface area contributed by atoms with Gasteiger partial charge in [0.25, 0.3) is 0 Å². The topological polar surface area (TPSA) is 69.6 Å². The van der Waals surface area contributed by atoms with Crippen LogP contribution in [0.25, 0.3) is 0 Å². The number of aliphatic hydroxyl groups is 1. The summed E-state index contributed by atoms with van der Waals surface area (Å²) in [6, 6.07) is 4.14. The first-order chi connectivity index (χ1) is 10.9. The van der Waals surface area contributed by atoms with E-state index in [1.54, 1.807) is 14.0 Å². The zero-order valence-electron chi connectivity index (χ0n) is 13.5. The Morgan fingerprint density at radius 3 is 2.70 bits per heavy atom. The molecule has 0 aromatic heterocycles. The molecule has 1 aliphatic carbocycles. The molecule has 23 heavy (non-hydrogen) atoms. The van der Waals surface area contributed by atoms with E-state index in [9.17, 15) is 19.1 Å². The maximum Gasteiger partial charge on any atom is 0.313 e. The quantitative estimate of drug-likeness (QED) is 0.837. The predicted octanol–water partition coefficient (Wildman–Crippen LogP) is 2.08. The fourth-order valence-electron chi connectivity index (χ4n) is 2.92. The third-order valence-corrected chi connectivity index (χ3v) is 4.33. The standard InChI is InChI=1S/C17H23FN2O3/c1-11-9-13(7-8-14(11)18)19-16(22)17(23)20(2)10-12-5-3-4-6-15(12)21/h7-9,12,15,21H,3-6,10H2,1-2H3,(H,19,22). The first kappa shape index (κ1) is 17.4. The lowest BCUT2D eigenvalue weighted by molar-refractivity contribution is -0.143. The molecule has 0 saturated heterocycles. The molecule has 1 fully saturated rings. The Balaban J connectivity index is 1.92. The lowest BCUT2D eigenvalue weighted by Gasteiger charge is -2.30. The molecule has 2 rings (SSSR count). The molecule has 2 amide bonds. The number of hydrogen-bond donors (Lipinski definition) is 2. The Morgan fingerprint density at radius 1 is 1.35 bits per heavy atom. The van der Waals surface area contributed by atoms with E-state index in [1.807, 2.05) is 0 Å². The smallest absolute Gasteiger partial charge is 0.313 e. The van der Waals surface area contributed by atoms with Crippen molar-refractivity contribution < 1.29 is 19.1 Å². The van der Waals surface area contributed by atoms with Crippen LogP contribution in [0.2, 0.25) is 0 Å². The minimum absolute atomic E-state index is 0.0126. The average Bonchev–Trinajstić information content (AvgIpc) is 2.52. The number of carbonyl (C=O) groups is 2. The van der Waals surface area contributed by atoms with Gasteiger partial charge in [-0.25, -0.2) is 4.39 Å². The van der Waals surface area contributed by atoms with Gasteiger partial charge in [0.2, 0.25) is 0 Å². The van der Waals surface area contributed by atoms with Gasteiger partial charge in [-0.1, -0.05) is 12.8 Å². The van der Waals surface area contributed by atoms with Crippen LogP contribution in [0.15, 0.2) is 18.2 Å². The average molecular weight is 322 g/mol. The van der Waals surface area contributed by atoms with Crippen molar-refractivity contribution in [2.45, 2.75) is 38.7 Å². The van der Waals surface area contributed by atoms with Gasteiger partial charge in [0, 0.05) is 25.2 Å². The Kier molecular flexibility index (Phi) is 5.71. The SMILES string of the molecule is Cc1cc(NC(=O)C(=O)N(C)CC2CCCCC2O)ccc1F. The highest BCUT2D eigenvalue weighted by Gasteiger charge is 2.27. The Morgan fingerprint density at radius 2 is 2.04 bits per heavy atom. The molecule has 1 aliphatic rings. The van der Waals surface area contributed by atoms with Gasteiger partial charge in [-0.15, -0.1) is 0 Å². The number of rotatable bonds is 3. The van der Waals surface area contributed by atoms with Crippen molar-refractivity contribution in [2.75, 3.05) is 18.9 Å². The van der Waals surface area contributed by atoms with Gasteiger partial charge < -0.3 is 15.3 Å². The molecule has 6 heteroatoms. The first-order valence-electron chi connectivity index (χ1n) is 7.89. The zero-order chi connectivity index (χ0) is 17.0. The van der Waals surface area contributed by atoms with Crippen molar-refractivity contribution in [3.63, 3.8) is 0 Å². The molecular weight excluding hydrogens is 299 g/mol. The third-order valence-electron chi connectivity index (χ3n) is 4.33. The van der Waals surface area contributed by atoms with Crippen molar-refractivity contribution in [1.29, 1.82) is 0 Å². The molecule has 126 valence electrons. The van der Waals surface area contributed by atoms with Gasteiger partial charge in [-0.3, -0.25) is 9.59 Å². The third kappa shape index (κ3) is 4.51. The number of benzene rings is 1. The Labute approximate surface area is 135 Å². The second kappa shape index (κ2) is 7.55. The predicted molar refractivity (Wildman–Crippen MR) is 85.4 cm³/mol. The van der Waals surface area contributed by atoms with Crippen LogP contribution in [0.5, 0.6) is 0 Å². The van der Waals surface area contributed by atoms with Crippen molar-refractivity contribution in [2.24, 2.45) is 5.92 Å². The van der Waals surface area contributed by atoms with Gasteiger partial charge in [0.15, 0.2) is 0 Å². The van der Waals surface area contributed by atoms with Gasteiger partial charge in [-0.05, 0) is 43.5 Å². The van der Waals surface area contributed by atoms with Crippen LogP contribution in [0.3, 0.4) is 0 Å². The summed E-state index contributed by atoms with van der Waals surface area (Å²) in [7, 11) is 1.55. The summed E-state index contributed by atoms with van der Waals surface area (Å²) in [6.45, 7) is 1.94. The fourth-order valence-corrected chi connectivity index (χ4v) is 2.92. The largest absolute Gasteiger partial charge is 0.393 e. The minimum atomic E-state index is -0.760. The van der Waals surface area contributed by atoms with Crippen molar-refractivity contribution in [1.82, 2.24) is 4.90 Å². The maximum atomic E-state index is 13.2. The molecule has 2 atom stereocenters. The van der Waals surface area contributed by atoms with Crippen molar-refractivity contribution >= 4 is 17.5 Å². The second-order valence-corrected chi connectivity index (χ2v) is 6.22. The number of nitrogens with zero attached hydrogens (tertiary/aromatic N) is 1. The monoisotopic (exact) mass is 322 g/mol. The highest BCUT2D eigenvalue weighted by molar-refractivity contribution is 6.39. The van der Waals surface area contributed by atoms with Crippen LogP contribution in [-0.2, 0) is 9.59 Å². The number of amides is 2. The summed E-state index contributed by atoms with van der Waals surface area (Å²) in [6.07, 6.45) is 3.22. The molecule has 0 spiro atoms. The molecule has 1 aromatic rings. The Bertz CT molecular complexity index is 591. The van der Waals surface area contributed by atoms with E-state index in [2.05, 4.69) is 5.32 Å². The molecule has 1 saturated carbocycles. The molecule has 0 heterocycles. The maximum absolute atomic E-state index is 13.2. The number of nitrogens with one attached hydrogen (secondary N) is 1. The van der Waals surface area contributed by atoms with Gasteiger partial charge in [-0.2, -0.15) is 0 Å². The lowest BCUT2D eigenvalue weighted by Crippen LogP contribution is -2.42. The lowest BCUT2D eigenvalue weighted by atomic mass is 9.86. The molecule has 2 unspecified atom stereocenters. The number of aliphatic hydroxyl groups excluding tert-OH is 1. The highest BCUT2D eigenvalue weighted by atomic mass is 19.1. The first-order valence-corrected chi connectivity index (χ1v) is 7.89. The molecule has 5 nitrogen and oxygen atoms in total. The number of halogens is 1. The fraction of sp³-hybridized carbons (Fsp3) is 0.529. The van der Waals surface area contributed by atoms with Crippen LogP contribution < -0.4 is 5.32 Å². The van der Waals surface area contributed by atoms with E-state index < -0.39 is 17.9 Å². The van der Waals surface area contributed by atoms with Crippen LogP contribution >= 0.6 is 0 Å². The van der Waals surface area contributed by atoms with Crippen molar-refractivity contribution in [3.05, 3.63) is 29.6 Å². The van der Waals surface area contributed by atoms with Gasteiger partial charge in [0.05, 0.1) is 6.10 Å². The summed E-state index contributed by atoms with van der Waals surface area (Å²) in [4.78, 5) is 25.5. The summed E-state index contributed by atoms with van der Waals surface area (Å²) in [5.74, 6) is -1.77. The van der Waals surface area contributed by atoms with E-state index in [4.69, 9.17) is 0 Å². The molecule has 2 N–H and O–H groups in total. The number of likely N-dealkylation sites (N-methyl/N-ethyl adjacent to an activating group) is 1. The van der Waals surface area contributed by atoms with Gasteiger partial charge in [0.1, 0.15) is 5.82 Å². The summed E-state index contributed by atoms with van der Waals surface area (Å²) >= 11 is 0. The molecule has 0 aliphatic heterocycles. The summed E-state index contributed by atoms with van der Waals surface area (Å²) in [5, 5.41) is 12.4. The molecular formula is C17H23FN2O3. The highest BCUT2D eigenvalue weighted by Crippen LogP contribution is 2.25. The Hall–Kier alpha value is -1.95. The minimum Gasteiger partial charge on any atom is -0.393 e. The van der Waals surface area contributed by atoms with E-state index in [-0.39, 0.29) is 11.7 Å². The molecule has 0 radical (unpaired) electrons. The van der Waals surface area contributed by atoms with Crippen LogP contribution in [0, 0.1) is 18.7 Å².